The lowest BCUT2D eigenvalue weighted by Gasteiger charge is -2.14. The van der Waals surface area contributed by atoms with E-state index < -0.39 is 0 Å². The van der Waals surface area contributed by atoms with Crippen molar-refractivity contribution in [2.45, 2.75) is 46.6 Å². The van der Waals surface area contributed by atoms with Crippen molar-refractivity contribution in [3.8, 4) is 0 Å². The lowest BCUT2D eigenvalue weighted by molar-refractivity contribution is -0.118. The molecule has 0 radical (unpaired) electrons. The SMILES string of the molecule is Cc1cc(C)cc(CC(=O)CC(N)C(C)C)c1. The molecule has 0 saturated carbocycles. The average Bonchev–Trinajstić information content (AvgIpc) is 2.14. The fourth-order valence-corrected chi connectivity index (χ4v) is 1.97. The minimum atomic E-state index is -0.0200. The highest BCUT2D eigenvalue weighted by Gasteiger charge is 2.13. The maximum Gasteiger partial charge on any atom is 0.138 e. The second kappa shape index (κ2) is 5.97. The van der Waals surface area contributed by atoms with Crippen LogP contribution < -0.4 is 5.73 Å². The van der Waals surface area contributed by atoms with Gasteiger partial charge in [0.15, 0.2) is 0 Å². The molecule has 0 bridgehead atoms. The summed E-state index contributed by atoms with van der Waals surface area (Å²) in [5.41, 5.74) is 9.43. The van der Waals surface area contributed by atoms with Gasteiger partial charge in [-0.25, -0.2) is 0 Å². The molecule has 0 amide bonds. The Morgan fingerprint density at radius 3 is 2.18 bits per heavy atom. The molecule has 0 aromatic heterocycles. The van der Waals surface area contributed by atoms with Crippen molar-refractivity contribution in [2.75, 3.05) is 0 Å². The Kier molecular flexibility index (Phi) is 4.88. The van der Waals surface area contributed by atoms with Gasteiger partial charge < -0.3 is 5.73 Å². The van der Waals surface area contributed by atoms with E-state index in [0.717, 1.165) is 5.56 Å². The fraction of sp³-hybridized carbons (Fsp3) is 0.533. The molecule has 1 aromatic rings. The summed E-state index contributed by atoms with van der Waals surface area (Å²) in [6, 6.07) is 6.25. The first kappa shape index (κ1) is 13.9. The molecule has 17 heavy (non-hydrogen) atoms. The number of nitrogens with two attached hydrogens (primary N) is 1. The van der Waals surface area contributed by atoms with Crippen LogP contribution in [0.5, 0.6) is 0 Å². The van der Waals surface area contributed by atoms with Crippen molar-refractivity contribution in [3.05, 3.63) is 34.9 Å². The smallest absolute Gasteiger partial charge is 0.138 e. The third-order valence-corrected chi connectivity index (χ3v) is 3.00. The van der Waals surface area contributed by atoms with Gasteiger partial charge in [-0.05, 0) is 25.3 Å². The highest BCUT2D eigenvalue weighted by Crippen LogP contribution is 2.12. The summed E-state index contributed by atoms with van der Waals surface area (Å²) >= 11 is 0. The molecule has 2 nitrogen and oxygen atoms in total. The summed E-state index contributed by atoms with van der Waals surface area (Å²) in [4.78, 5) is 11.9. The Morgan fingerprint density at radius 1 is 1.18 bits per heavy atom. The summed E-state index contributed by atoms with van der Waals surface area (Å²) < 4.78 is 0. The van der Waals surface area contributed by atoms with Crippen molar-refractivity contribution < 1.29 is 4.79 Å². The monoisotopic (exact) mass is 233 g/mol. The number of hydrogen-bond donors (Lipinski definition) is 1. The molecule has 0 spiro atoms. The molecule has 0 fully saturated rings. The van der Waals surface area contributed by atoms with Crippen LogP contribution >= 0.6 is 0 Å². The summed E-state index contributed by atoms with van der Waals surface area (Å²) in [5, 5.41) is 0. The molecule has 2 heteroatoms. The van der Waals surface area contributed by atoms with Crippen molar-refractivity contribution in [1.82, 2.24) is 0 Å². The summed E-state index contributed by atoms with van der Waals surface area (Å²) in [5.74, 6) is 0.592. The van der Waals surface area contributed by atoms with Gasteiger partial charge in [0.2, 0.25) is 0 Å². The molecule has 94 valence electrons. The second-order valence-corrected chi connectivity index (χ2v) is 5.32. The van der Waals surface area contributed by atoms with Gasteiger partial charge in [-0.15, -0.1) is 0 Å². The van der Waals surface area contributed by atoms with Crippen LogP contribution in [0.15, 0.2) is 18.2 Å². The van der Waals surface area contributed by atoms with Crippen LogP contribution in [0.25, 0.3) is 0 Å². The van der Waals surface area contributed by atoms with E-state index >= 15 is 0 Å². The van der Waals surface area contributed by atoms with Crippen LogP contribution in [0.1, 0.15) is 37.0 Å². The lowest BCUT2D eigenvalue weighted by atomic mass is 9.96. The summed E-state index contributed by atoms with van der Waals surface area (Å²) in [6.45, 7) is 8.21. The molecular formula is C15H23NO. The predicted molar refractivity (Wildman–Crippen MR) is 72.1 cm³/mol. The maximum absolute atomic E-state index is 11.9. The zero-order valence-electron chi connectivity index (χ0n) is 11.3. The number of aryl methyl sites for hydroxylation is 2. The van der Waals surface area contributed by atoms with Crippen LogP contribution in [-0.4, -0.2) is 11.8 Å². The van der Waals surface area contributed by atoms with Crippen LogP contribution in [0.4, 0.5) is 0 Å². The lowest BCUT2D eigenvalue weighted by Crippen LogP contribution is -2.29. The van der Waals surface area contributed by atoms with Gasteiger partial charge in [-0.1, -0.05) is 43.2 Å². The van der Waals surface area contributed by atoms with Crippen LogP contribution in [0.3, 0.4) is 0 Å². The molecule has 0 heterocycles. The van der Waals surface area contributed by atoms with Gasteiger partial charge in [-0.2, -0.15) is 0 Å². The molecular weight excluding hydrogens is 210 g/mol. The summed E-state index contributed by atoms with van der Waals surface area (Å²) in [6.07, 6.45) is 0.980. The normalized spacial score (nSPS) is 12.8. The van der Waals surface area contributed by atoms with Crippen LogP contribution in [0.2, 0.25) is 0 Å². The Bertz CT molecular complexity index is 376. The maximum atomic E-state index is 11.9. The fourth-order valence-electron chi connectivity index (χ4n) is 1.97. The van der Waals surface area contributed by atoms with Gasteiger partial charge >= 0.3 is 0 Å². The minimum Gasteiger partial charge on any atom is -0.327 e. The number of benzene rings is 1. The average molecular weight is 233 g/mol. The molecule has 2 N–H and O–H groups in total. The number of Topliss-reactive ketones (excluding diaryl/α,β-unsaturated/α-hetero) is 1. The van der Waals surface area contributed by atoms with Crippen molar-refractivity contribution in [3.63, 3.8) is 0 Å². The largest absolute Gasteiger partial charge is 0.327 e. The third kappa shape index (κ3) is 4.70. The molecule has 1 atom stereocenters. The van der Waals surface area contributed by atoms with E-state index in [-0.39, 0.29) is 11.8 Å². The first-order valence-electron chi connectivity index (χ1n) is 6.23. The Hall–Kier alpha value is -1.15. The zero-order chi connectivity index (χ0) is 13.0. The van der Waals surface area contributed by atoms with Crippen LogP contribution in [0, 0.1) is 19.8 Å². The first-order chi connectivity index (χ1) is 7.88. The van der Waals surface area contributed by atoms with E-state index in [1.165, 1.54) is 11.1 Å². The van der Waals surface area contributed by atoms with E-state index in [1.807, 2.05) is 0 Å². The first-order valence-corrected chi connectivity index (χ1v) is 6.23. The van der Waals surface area contributed by atoms with Gasteiger partial charge in [0.25, 0.3) is 0 Å². The number of carbonyl (C=O) groups excluding carboxylic acids is 1. The Labute approximate surface area is 104 Å². The van der Waals surface area contributed by atoms with E-state index in [4.69, 9.17) is 5.73 Å². The van der Waals surface area contributed by atoms with Crippen LogP contribution in [-0.2, 0) is 11.2 Å². The van der Waals surface area contributed by atoms with Crippen molar-refractivity contribution in [2.24, 2.45) is 11.7 Å². The molecule has 0 aliphatic heterocycles. The van der Waals surface area contributed by atoms with E-state index in [0.29, 0.717) is 18.8 Å². The molecule has 0 saturated heterocycles. The van der Waals surface area contributed by atoms with E-state index in [2.05, 4.69) is 45.9 Å². The number of ketones is 1. The number of hydrogen-bond acceptors (Lipinski definition) is 2. The second-order valence-electron chi connectivity index (χ2n) is 5.32. The zero-order valence-corrected chi connectivity index (χ0v) is 11.3. The standard InChI is InChI=1S/C15H23NO/c1-10(2)15(16)9-14(17)8-13-6-11(3)5-12(4)7-13/h5-7,10,15H,8-9,16H2,1-4H3. The van der Waals surface area contributed by atoms with E-state index in [9.17, 15) is 4.79 Å². The third-order valence-electron chi connectivity index (χ3n) is 3.00. The minimum absolute atomic E-state index is 0.0200. The Morgan fingerprint density at radius 2 is 1.71 bits per heavy atom. The van der Waals surface area contributed by atoms with Gasteiger partial charge in [-0.3, -0.25) is 4.79 Å². The molecule has 1 rings (SSSR count). The topological polar surface area (TPSA) is 43.1 Å². The number of carbonyl (C=O) groups is 1. The Balaban J connectivity index is 2.62. The van der Waals surface area contributed by atoms with Gasteiger partial charge in [0.1, 0.15) is 5.78 Å². The summed E-state index contributed by atoms with van der Waals surface area (Å²) in [7, 11) is 0. The molecule has 1 unspecified atom stereocenters. The molecule has 0 aliphatic rings. The predicted octanol–water partition coefficient (Wildman–Crippen LogP) is 2.79. The molecule has 0 aliphatic carbocycles. The van der Waals surface area contributed by atoms with Gasteiger partial charge in [0, 0.05) is 18.9 Å². The highest BCUT2D eigenvalue weighted by atomic mass is 16.1. The highest BCUT2D eigenvalue weighted by molar-refractivity contribution is 5.81. The van der Waals surface area contributed by atoms with E-state index in [1.54, 1.807) is 0 Å². The van der Waals surface area contributed by atoms with Crippen molar-refractivity contribution in [1.29, 1.82) is 0 Å². The quantitative estimate of drug-likeness (QED) is 0.849. The van der Waals surface area contributed by atoms with Crippen molar-refractivity contribution >= 4 is 5.78 Å². The van der Waals surface area contributed by atoms with Gasteiger partial charge in [0.05, 0.1) is 0 Å². The number of rotatable bonds is 5. The molecule has 1 aromatic carbocycles.